The molecular weight excluding hydrogens is 364 g/mol. The monoisotopic (exact) mass is 388 g/mol. The predicted octanol–water partition coefficient (Wildman–Crippen LogP) is 4.81. The van der Waals surface area contributed by atoms with Gasteiger partial charge in [-0.2, -0.15) is 5.10 Å². The molecule has 0 saturated carbocycles. The summed E-state index contributed by atoms with van der Waals surface area (Å²) in [7, 11) is 1.58. The average Bonchev–Trinajstić information content (AvgIpc) is 3.02. The molecule has 0 saturated heterocycles. The van der Waals surface area contributed by atoms with Crippen molar-refractivity contribution in [3.8, 4) is 5.75 Å². The van der Waals surface area contributed by atoms with Crippen LogP contribution in [-0.4, -0.2) is 27.8 Å². The van der Waals surface area contributed by atoms with E-state index >= 15 is 0 Å². The molecule has 0 unspecified atom stereocenters. The third-order valence-corrected chi connectivity index (χ3v) is 4.85. The van der Waals surface area contributed by atoms with Gasteiger partial charge in [0.15, 0.2) is 11.5 Å². The largest absolute Gasteiger partial charge is 0.497 e. The Morgan fingerprint density at radius 2 is 1.97 bits per heavy atom. The minimum atomic E-state index is -0.232. The fourth-order valence-electron chi connectivity index (χ4n) is 3.44. The van der Waals surface area contributed by atoms with Gasteiger partial charge in [0.25, 0.3) is 5.91 Å². The van der Waals surface area contributed by atoms with Crippen LogP contribution in [0, 0.1) is 12.8 Å². The summed E-state index contributed by atoms with van der Waals surface area (Å²) in [6.07, 6.45) is 0. The van der Waals surface area contributed by atoms with Crippen molar-refractivity contribution in [1.82, 2.24) is 14.8 Å². The topological polar surface area (TPSA) is 69.0 Å². The van der Waals surface area contributed by atoms with Crippen molar-refractivity contribution in [3.05, 3.63) is 59.7 Å². The average molecular weight is 388 g/mol. The Hall–Kier alpha value is -3.41. The lowest BCUT2D eigenvalue weighted by atomic mass is 10.1. The molecule has 0 spiro atoms. The van der Waals surface area contributed by atoms with E-state index in [1.165, 1.54) is 0 Å². The first-order valence-corrected chi connectivity index (χ1v) is 9.68. The standard InChI is InChI=1S/C23H24N4O2/c1-14(2)13-27-22-19(12-16-8-5-7-15(3)20(16)24-22)21(26-27)25-23(28)17-9-6-10-18(11-17)29-4/h5-12,14H,13H2,1-4H3,(H,25,26,28). The summed E-state index contributed by atoms with van der Waals surface area (Å²) in [6, 6.07) is 15.2. The summed E-state index contributed by atoms with van der Waals surface area (Å²) in [6.45, 7) is 7.04. The highest BCUT2D eigenvalue weighted by molar-refractivity contribution is 6.09. The number of nitrogens with one attached hydrogen (secondary N) is 1. The van der Waals surface area contributed by atoms with Gasteiger partial charge in [-0.05, 0) is 42.7 Å². The van der Waals surface area contributed by atoms with Gasteiger partial charge in [-0.25, -0.2) is 9.67 Å². The Morgan fingerprint density at radius 1 is 1.17 bits per heavy atom. The fraction of sp³-hybridized carbons (Fsp3) is 0.261. The molecule has 2 aromatic carbocycles. The van der Waals surface area contributed by atoms with E-state index in [0.717, 1.165) is 34.0 Å². The van der Waals surface area contributed by atoms with Gasteiger partial charge >= 0.3 is 0 Å². The lowest BCUT2D eigenvalue weighted by Crippen LogP contribution is -2.13. The second kappa shape index (κ2) is 7.54. The number of nitrogens with zero attached hydrogens (tertiary/aromatic N) is 3. The summed E-state index contributed by atoms with van der Waals surface area (Å²) in [4.78, 5) is 17.7. The number of carbonyl (C=O) groups is 1. The van der Waals surface area contributed by atoms with E-state index in [4.69, 9.17) is 9.72 Å². The van der Waals surface area contributed by atoms with Gasteiger partial charge in [-0.15, -0.1) is 0 Å². The minimum absolute atomic E-state index is 0.232. The number of carbonyl (C=O) groups excluding carboxylic acids is 1. The molecule has 0 atom stereocenters. The number of aryl methyl sites for hydroxylation is 1. The van der Waals surface area contributed by atoms with Gasteiger partial charge < -0.3 is 10.1 Å². The zero-order valence-electron chi connectivity index (χ0n) is 17.1. The zero-order chi connectivity index (χ0) is 20.5. The van der Waals surface area contributed by atoms with Gasteiger partial charge in [0, 0.05) is 17.5 Å². The summed E-state index contributed by atoms with van der Waals surface area (Å²) in [5.41, 5.74) is 3.36. The van der Waals surface area contributed by atoms with Crippen LogP contribution < -0.4 is 10.1 Å². The zero-order valence-corrected chi connectivity index (χ0v) is 17.1. The van der Waals surface area contributed by atoms with Crippen LogP contribution in [0.5, 0.6) is 5.75 Å². The lowest BCUT2D eigenvalue weighted by Gasteiger charge is -2.06. The number of methoxy groups -OCH3 is 1. The molecule has 0 aliphatic carbocycles. The summed E-state index contributed by atoms with van der Waals surface area (Å²) < 4.78 is 7.10. The maximum atomic E-state index is 12.8. The Bertz CT molecular complexity index is 1210. The molecule has 2 heterocycles. The number of amides is 1. The number of aromatic nitrogens is 3. The van der Waals surface area contributed by atoms with Gasteiger partial charge in [-0.1, -0.05) is 38.1 Å². The highest BCUT2D eigenvalue weighted by Crippen LogP contribution is 2.28. The fourth-order valence-corrected chi connectivity index (χ4v) is 3.44. The number of hydrogen-bond donors (Lipinski definition) is 1. The van der Waals surface area contributed by atoms with E-state index in [2.05, 4.69) is 43.3 Å². The molecule has 1 amide bonds. The first-order chi connectivity index (χ1) is 14.0. The second-order valence-electron chi connectivity index (χ2n) is 7.62. The lowest BCUT2D eigenvalue weighted by molar-refractivity contribution is 0.102. The number of benzene rings is 2. The molecule has 6 nitrogen and oxygen atoms in total. The smallest absolute Gasteiger partial charge is 0.257 e. The van der Waals surface area contributed by atoms with Crippen molar-refractivity contribution in [2.45, 2.75) is 27.3 Å². The maximum absolute atomic E-state index is 12.8. The quantitative estimate of drug-likeness (QED) is 0.533. The van der Waals surface area contributed by atoms with Gasteiger partial charge in [0.1, 0.15) is 5.75 Å². The Labute approximate surface area is 169 Å². The van der Waals surface area contributed by atoms with E-state index < -0.39 is 0 Å². The molecule has 4 aromatic rings. The van der Waals surface area contributed by atoms with E-state index in [9.17, 15) is 4.79 Å². The normalized spacial score (nSPS) is 11.3. The minimum Gasteiger partial charge on any atom is -0.497 e. The van der Waals surface area contributed by atoms with Crippen LogP contribution in [0.2, 0.25) is 0 Å². The van der Waals surface area contributed by atoms with Crippen molar-refractivity contribution in [2.24, 2.45) is 5.92 Å². The van der Waals surface area contributed by atoms with Crippen LogP contribution in [0.3, 0.4) is 0 Å². The summed E-state index contributed by atoms with van der Waals surface area (Å²) in [5.74, 6) is 1.32. The van der Waals surface area contributed by atoms with Crippen molar-refractivity contribution in [2.75, 3.05) is 12.4 Å². The van der Waals surface area contributed by atoms with Crippen LogP contribution in [0.4, 0.5) is 5.82 Å². The Balaban J connectivity index is 1.81. The SMILES string of the molecule is COc1cccc(C(=O)Nc2nn(CC(C)C)c3nc4c(C)cccc4cc23)c1. The first-order valence-electron chi connectivity index (χ1n) is 9.68. The third kappa shape index (κ3) is 3.66. The molecule has 0 radical (unpaired) electrons. The molecule has 1 N–H and O–H groups in total. The van der Waals surface area contributed by atoms with E-state index in [-0.39, 0.29) is 5.91 Å². The first kappa shape index (κ1) is 18.9. The molecular formula is C23H24N4O2. The molecule has 0 aliphatic heterocycles. The highest BCUT2D eigenvalue weighted by atomic mass is 16.5. The summed E-state index contributed by atoms with van der Waals surface area (Å²) in [5, 5.41) is 9.50. The number of fused-ring (bicyclic) bond motifs is 2. The van der Waals surface area contributed by atoms with Gasteiger partial charge in [-0.3, -0.25) is 4.79 Å². The molecule has 4 rings (SSSR count). The van der Waals surface area contributed by atoms with Crippen LogP contribution >= 0.6 is 0 Å². The van der Waals surface area contributed by atoms with Crippen LogP contribution in [-0.2, 0) is 6.54 Å². The van der Waals surface area contributed by atoms with Crippen molar-refractivity contribution < 1.29 is 9.53 Å². The molecule has 6 heteroatoms. The molecule has 0 fully saturated rings. The number of para-hydroxylation sites is 1. The van der Waals surface area contributed by atoms with Crippen molar-refractivity contribution >= 4 is 33.7 Å². The highest BCUT2D eigenvalue weighted by Gasteiger charge is 2.17. The third-order valence-electron chi connectivity index (χ3n) is 4.85. The van der Waals surface area contributed by atoms with Crippen molar-refractivity contribution in [3.63, 3.8) is 0 Å². The Morgan fingerprint density at radius 3 is 2.72 bits per heavy atom. The maximum Gasteiger partial charge on any atom is 0.257 e. The van der Waals surface area contributed by atoms with E-state index in [1.807, 2.05) is 22.9 Å². The molecule has 29 heavy (non-hydrogen) atoms. The van der Waals surface area contributed by atoms with E-state index in [1.54, 1.807) is 25.3 Å². The second-order valence-corrected chi connectivity index (χ2v) is 7.62. The molecule has 148 valence electrons. The molecule has 0 bridgehead atoms. The van der Waals surface area contributed by atoms with Gasteiger partial charge in [0.2, 0.25) is 0 Å². The number of hydrogen-bond acceptors (Lipinski definition) is 4. The van der Waals surface area contributed by atoms with Crippen molar-refractivity contribution in [1.29, 1.82) is 0 Å². The van der Waals surface area contributed by atoms with Gasteiger partial charge in [0.05, 0.1) is 18.0 Å². The van der Waals surface area contributed by atoms with Crippen LogP contribution in [0.15, 0.2) is 48.5 Å². The van der Waals surface area contributed by atoms with Crippen LogP contribution in [0.1, 0.15) is 29.8 Å². The predicted molar refractivity (Wildman–Crippen MR) is 116 cm³/mol. The molecule has 2 aromatic heterocycles. The number of anilines is 1. The van der Waals surface area contributed by atoms with E-state index in [0.29, 0.717) is 23.0 Å². The summed E-state index contributed by atoms with van der Waals surface area (Å²) >= 11 is 0. The Kier molecular flexibility index (Phi) is 4.92. The number of ether oxygens (including phenoxy) is 1. The van der Waals surface area contributed by atoms with Crippen LogP contribution in [0.25, 0.3) is 21.9 Å². The number of pyridine rings is 1. The molecule has 0 aliphatic rings. The number of rotatable bonds is 5.